The Morgan fingerprint density at radius 3 is 2.67 bits per heavy atom. The second-order valence-electron chi connectivity index (χ2n) is 8.01. The highest BCUT2D eigenvalue weighted by molar-refractivity contribution is 5.81. The van der Waals surface area contributed by atoms with Crippen LogP contribution in [0.15, 0.2) is 24.3 Å². The number of aryl methyl sites for hydroxylation is 1. The van der Waals surface area contributed by atoms with Gasteiger partial charge in [-0.2, -0.15) is 0 Å². The number of ether oxygens (including phenoxy) is 1. The molecular formula is C21H27FN2O3. The zero-order chi connectivity index (χ0) is 18.8. The van der Waals surface area contributed by atoms with Crippen LogP contribution in [0.4, 0.5) is 9.18 Å². The number of urea groups is 1. The second-order valence-corrected chi connectivity index (χ2v) is 8.01. The molecule has 3 saturated heterocycles. The number of Topliss-reactive ketones (excluding diaryl/α,β-unsaturated/α-hetero) is 1. The SMILES string of the molecule is O=C1CO[C@H]2CCN(C(=O)N3CC(c4ccc(CCCF)cc4)C3)C[C@H]2C1. The molecule has 0 bridgehead atoms. The third-order valence-corrected chi connectivity index (χ3v) is 6.09. The first-order valence-corrected chi connectivity index (χ1v) is 9.96. The van der Waals surface area contributed by atoms with Gasteiger partial charge in [0.25, 0.3) is 0 Å². The van der Waals surface area contributed by atoms with Crippen LogP contribution in [0.25, 0.3) is 0 Å². The fourth-order valence-corrected chi connectivity index (χ4v) is 4.42. The molecule has 1 aromatic carbocycles. The Morgan fingerprint density at radius 2 is 1.93 bits per heavy atom. The number of nitrogens with zero attached hydrogens (tertiary/aromatic N) is 2. The number of hydrogen-bond donors (Lipinski definition) is 0. The summed E-state index contributed by atoms with van der Waals surface area (Å²) in [5.41, 5.74) is 2.41. The van der Waals surface area contributed by atoms with Crippen LogP contribution in [0.1, 0.15) is 36.3 Å². The number of hydrogen-bond acceptors (Lipinski definition) is 3. The van der Waals surface area contributed by atoms with Crippen molar-refractivity contribution < 1.29 is 18.7 Å². The van der Waals surface area contributed by atoms with E-state index in [4.69, 9.17) is 4.74 Å². The normalized spacial score (nSPS) is 25.9. The molecule has 0 radical (unpaired) electrons. The van der Waals surface area contributed by atoms with Gasteiger partial charge in [-0.1, -0.05) is 24.3 Å². The predicted molar refractivity (Wildman–Crippen MR) is 99.5 cm³/mol. The van der Waals surface area contributed by atoms with Crippen molar-refractivity contribution in [3.05, 3.63) is 35.4 Å². The molecule has 4 rings (SSSR count). The van der Waals surface area contributed by atoms with Crippen LogP contribution in [0, 0.1) is 5.92 Å². The Balaban J connectivity index is 1.28. The number of ketones is 1. The molecule has 6 heteroatoms. The van der Waals surface area contributed by atoms with E-state index < -0.39 is 0 Å². The lowest BCUT2D eigenvalue weighted by Crippen LogP contribution is -2.58. The summed E-state index contributed by atoms with van der Waals surface area (Å²) in [5.74, 6) is 0.670. The minimum atomic E-state index is -0.278. The molecule has 3 aliphatic rings. The standard InChI is InChI=1S/C21H27FN2O3/c22-8-1-2-15-3-5-16(6-4-15)18-12-24(13-18)21(26)23-9-7-20-17(11-23)10-19(25)14-27-20/h3-6,17-18,20H,1-2,7-14H2/t17-,20+/m1/s1. The fraction of sp³-hybridized carbons (Fsp3) is 0.619. The number of halogens is 1. The Morgan fingerprint density at radius 1 is 1.15 bits per heavy atom. The van der Waals surface area contributed by atoms with Gasteiger partial charge in [-0.3, -0.25) is 9.18 Å². The molecule has 3 fully saturated rings. The van der Waals surface area contributed by atoms with Gasteiger partial charge >= 0.3 is 6.03 Å². The van der Waals surface area contributed by atoms with Crippen LogP contribution in [-0.2, 0) is 16.0 Å². The van der Waals surface area contributed by atoms with Crippen LogP contribution < -0.4 is 0 Å². The van der Waals surface area contributed by atoms with Crippen LogP contribution in [0.3, 0.4) is 0 Å². The fourth-order valence-electron chi connectivity index (χ4n) is 4.42. The van der Waals surface area contributed by atoms with Crippen molar-refractivity contribution >= 4 is 11.8 Å². The van der Waals surface area contributed by atoms with Gasteiger partial charge in [0.2, 0.25) is 0 Å². The molecule has 146 valence electrons. The molecule has 0 spiro atoms. The van der Waals surface area contributed by atoms with Crippen LogP contribution in [0.5, 0.6) is 0 Å². The molecule has 27 heavy (non-hydrogen) atoms. The van der Waals surface area contributed by atoms with E-state index in [0.29, 0.717) is 31.8 Å². The lowest BCUT2D eigenvalue weighted by atomic mass is 9.87. The molecule has 0 saturated carbocycles. The number of alkyl halides is 1. The zero-order valence-corrected chi connectivity index (χ0v) is 15.6. The van der Waals surface area contributed by atoms with Gasteiger partial charge in [0.15, 0.2) is 5.78 Å². The van der Waals surface area contributed by atoms with E-state index in [2.05, 4.69) is 24.3 Å². The molecular weight excluding hydrogens is 347 g/mol. The van der Waals surface area contributed by atoms with Crippen LogP contribution in [-0.4, -0.2) is 67.2 Å². The maximum absolute atomic E-state index is 12.8. The Bertz CT molecular complexity index is 687. The van der Waals surface area contributed by atoms with E-state index >= 15 is 0 Å². The van der Waals surface area contributed by atoms with Crippen molar-refractivity contribution in [1.29, 1.82) is 0 Å². The molecule has 0 aromatic heterocycles. The number of likely N-dealkylation sites (tertiary alicyclic amines) is 2. The van der Waals surface area contributed by atoms with E-state index in [1.54, 1.807) is 0 Å². The summed E-state index contributed by atoms with van der Waals surface area (Å²) in [6.45, 7) is 2.76. The highest BCUT2D eigenvalue weighted by atomic mass is 19.1. The van der Waals surface area contributed by atoms with Crippen molar-refractivity contribution in [2.45, 2.75) is 37.7 Å². The topological polar surface area (TPSA) is 49.9 Å². The average Bonchev–Trinajstić information content (AvgIpc) is 2.65. The van der Waals surface area contributed by atoms with Gasteiger partial charge in [0, 0.05) is 44.4 Å². The van der Waals surface area contributed by atoms with Crippen molar-refractivity contribution in [3.63, 3.8) is 0 Å². The van der Waals surface area contributed by atoms with Crippen molar-refractivity contribution in [2.75, 3.05) is 39.5 Å². The highest BCUT2D eigenvalue weighted by Crippen LogP contribution is 2.31. The van der Waals surface area contributed by atoms with Gasteiger partial charge in [0.05, 0.1) is 12.8 Å². The van der Waals surface area contributed by atoms with Gasteiger partial charge in [-0.05, 0) is 30.4 Å². The molecule has 3 aliphatic heterocycles. The Hall–Kier alpha value is -1.95. The third kappa shape index (κ3) is 4.00. The number of rotatable bonds is 4. The zero-order valence-electron chi connectivity index (χ0n) is 15.6. The van der Waals surface area contributed by atoms with Crippen LogP contribution in [0.2, 0.25) is 0 Å². The minimum Gasteiger partial charge on any atom is -0.370 e. The first-order valence-electron chi connectivity index (χ1n) is 9.96. The smallest absolute Gasteiger partial charge is 0.320 e. The first-order chi connectivity index (χ1) is 13.1. The maximum Gasteiger partial charge on any atom is 0.320 e. The number of amides is 2. The van der Waals surface area contributed by atoms with Crippen molar-refractivity contribution in [3.8, 4) is 0 Å². The number of carbonyl (C=O) groups excluding carboxylic acids is 2. The molecule has 0 N–H and O–H groups in total. The van der Waals surface area contributed by atoms with Crippen LogP contribution >= 0.6 is 0 Å². The summed E-state index contributed by atoms with van der Waals surface area (Å²) in [6, 6.07) is 8.44. The van der Waals surface area contributed by atoms with Gasteiger partial charge < -0.3 is 14.5 Å². The lowest BCUT2D eigenvalue weighted by Gasteiger charge is -2.46. The number of piperidine rings is 1. The third-order valence-electron chi connectivity index (χ3n) is 6.09. The minimum absolute atomic E-state index is 0.0855. The summed E-state index contributed by atoms with van der Waals surface area (Å²) in [7, 11) is 0. The molecule has 2 amide bonds. The second kappa shape index (κ2) is 7.97. The number of benzene rings is 1. The quantitative estimate of drug-likeness (QED) is 0.814. The molecule has 5 nitrogen and oxygen atoms in total. The van der Waals surface area contributed by atoms with Crippen molar-refractivity contribution in [2.24, 2.45) is 5.92 Å². The first kappa shape index (κ1) is 18.4. The Kier molecular flexibility index (Phi) is 5.43. The van der Waals surface area contributed by atoms with E-state index in [9.17, 15) is 14.0 Å². The monoisotopic (exact) mass is 374 g/mol. The number of fused-ring (bicyclic) bond motifs is 1. The predicted octanol–water partition coefficient (Wildman–Crippen LogP) is 2.79. The molecule has 2 atom stereocenters. The number of carbonyl (C=O) groups is 2. The summed E-state index contributed by atoms with van der Waals surface area (Å²) in [4.78, 5) is 28.2. The molecule has 3 heterocycles. The van der Waals surface area contributed by atoms with Crippen molar-refractivity contribution in [1.82, 2.24) is 9.80 Å². The Labute approximate surface area is 159 Å². The summed E-state index contributed by atoms with van der Waals surface area (Å²) < 4.78 is 17.9. The molecule has 0 aliphatic carbocycles. The van der Waals surface area contributed by atoms with E-state index in [-0.39, 0.29) is 37.1 Å². The molecule has 1 aromatic rings. The summed E-state index contributed by atoms with van der Waals surface area (Å²) in [6.07, 6.45) is 2.83. The van der Waals surface area contributed by atoms with Gasteiger partial charge in [-0.25, -0.2) is 4.79 Å². The van der Waals surface area contributed by atoms with E-state index in [1.807, 2.05) is 9.80 Å². The van der Waals surface area contributed by atoms with E-state index in [1.165, 1.54) is 5.56 Å². The lowest BCUT2D eigenvalue weighted by molar-refractivity contribution is -0.140. The van der Waals surface area contributed by atoms with E-state index in [0.717, 1.165) is 31.5 Å². The largest absolute Gasteiger partial charge is 0.370 e. The molecule has 0 unspecified atom stereocenters. The average molecular weight is 374 g/mol. The van der Waals surface area contributed by atoms with Gasteiger partial charge in [0.1, 0.15) is 6.61 Å². The maximum atomic E-state index is 12.8. The summed E-state index contributed by atoms with van der Waals surface area (Å²) in [5, 5.41) is 0. The highest BCUT2D eigenvalue weighted by Gasteiger charge is 2.40. The summed E-state index contributed by atoms with van der Waals surface area (Å²) >= 11 is 0. The van der Waals surface area contributed by atoms with Gasteiger partial charge in [-0.15, -0.1) is 0 Å².